The number of para-hydroxylation sites is 1. The van der Waals surface area contributed by atoms with Gasteiger partial charge in [-0.15, -0.1) is 0 Å². The van der Waals surface area contributed by atoms with Gasteiger partial charge in [0.05, 0.1) is 21.9 Å². The third kappa shape index (κ3) is 5.55. The lowest BCUT2D eigenvalue weighted by atomic mass is 10.00. The Morgan fingerprint density at radius 2 is 1.62 bits per heavy atom. The second kappa shape index (κ2) is 11.2. The smallest absolute Gasteiger partial charge is 0.281 e. The highest BCUT2D eigenvalue weighted by Crippen LogP contribution is 2.36. The molecule has 184 valence electrons. The fraction of sp³-hybridized carbons (Fsp3) is 0.0667. The Morgan fingerprint density at radius 1 is 0.946 bits per heavy atom. The van der Waals surface area contributed by atoms with Crippen LogP contribution in [0.15, 0.2) is 108 Å². The number of benzene rings is 4. The van der Waals surface area contributed by atoms with Gasteiger partial charge in [0.1, 0.15) is 12.3 Å². The summed E-state index contributed by atoms with van der Waals surface area (Å²) in [6.07, 6.45) is 1.85. The van der Waals surface area contributed by atoms with Crippen LogP contribution in [0.2, 0.25) is 5.02 Å². The number of rotatable bonds is 7. The van der Waals surface area contributed by atoms with Gasteiger partial charge in [-0.1, -0.05) is 72.3 Å². The van der Waals surface area contributed by atoms with Crippen molar-refractivity contribution in [3.8, 4) is 11.5 Å². The van der Waals surface area contributed by atoms with Crippen LogP contribution in [0.3, 0.4) is 0 Å². The molecule has 5 rings (SSSR count). The van der Waals surface area contributed by atoms with Crippen LogP contribution in [-0.4, -0.2) is 18.7 Å². The summed E-state index contributed by atoms with van der Waals surface area (Å²) in [6, 6.07) is 30.5. The molecule has 5 nitrogen and oxygen atoms in total. The van der Waals surface area contributed by atoms with Crippen molar-refractivity contribution in [2.75, 3.05) is 12.1 Å². The van der Waals surface area contributed by atoms with E-state index in [4.69, 9.17) is 26.2 Å². The van der Waals surface area contributed by atoms with Crippen LogP contribution in [0.4, 0.5) is 5.69 Å². The second-order valence-electron chi connectivity index (χ2n) is 8.27. The first-order chi connectivity index (χ1) is 18.0. The van der Waals surface area contributed by atoms with Crippen molar-refractivity contribution in [2.24, 2.45) is 5.10 Å². The van der Waals surface area contributed by atoms with Crippen LogP contribution < -0.4 is 14.5 Å². The van der Waals surface area contributed by atoms with Crippen molar-refractivity contribution in [3.63, 3.8) is 0 Å². The average molecular weight is 621 g/mol. The number of carbonyl (C=O) groups excluding carboxylic acids is 1. The molecule has 37 heavy (non-hydrogen) atoms. The molecule has 0 bridgehead atoms. The zero-order chi connectivity index (χ0) is 25.8. The quantitative estimate of drug-likeness (QED) is 0.160. The lowest BCUT2D eigenvalue weighted by Gasteiger charge is -2.14. The normalized spacial score (nSPS) is 14.1. The molecule has 0 saturated heterocycles. The molecule has 0 aliphatic carbocycles. The van der Waals surface area contributed by atoms with Gasteiger partial charge in [0.15, 0.2) is 11.5 Å². The van der Waals surface area contributed by atoms with Gasteiger partial charge in [-0.25, -0.2) is 0 Å². The molecule has 0 fully saturated rings. The summed E-state index contributed by atoms with van der Waals surface area (Å²) in [5.74, 6) is 1.03. The number of carbonyl (C=O) groups is 1. The molecule has 0 unspecified atom stereocenters. The molecule has 1 heterocycles. The van der Waals surface area contributed by atoms with Crippen molar-refractivity contribution in [1.29, 1.82) is 0 Å². The van der Waals surface area contributed by atoms with Crippen molar-refractivity contribution in [2.45, 2.75) is 6.61 Å². The lowest BCUT2D eigenvalue weighted by Crippen LogP contribution is -2.21. The number of amides is 1. The van der Waals surface area contributed by atoms with E-state index >= 15 is 0 Å². The predicted molar refractivity (Wildman–Crippen MR) is 156 cm³/mol. The number of methoxy groups -OCH3 is 1. The van der Waals surface area contributed by atoms with Crippen LogP contribution in [0.1, 0.15) is 16.7 Å². The van der Waals surface area contributed by atoms with Gasteiger partial charge in [-0.2, -0.15) is 10.1 Å². The maximum Gasteiger partial charge on any atom is 0.281 e. The minimum absolute atomic E-state index is 0.193. The molecule has 7 heteroatoms. The second-order valence-corrected chi connectivity index (χ2v) is 9.87. The van der Waals surface area contributed by atoms with Crippen molar-refractivity contribution in [1.82, 2.24) is 0 Å². The zero-order valence-electron chi connectivity index (χ0n) is 19.9. The Hall–Kier alpha value is -3.62. The van der Waals surface area contributed by atoms with E-state index in [9.17, 15) is 4.79 Å². The third-order valence-electron chi connectivity index (χ3n) is 5.79. The Bertz CT molecular complexity index is 1490. The molecule has 4 aromatic rings. The highest BCUT2D eigenvalue weighted by atomic mass is 127. The minimum Gasteiger partial charge on any atom is -0.493 e. The summed E-state index contributed by atoms with van der Waals surface area (Å²) in [6.45, 7) is 0.374. The number of anilines is 1. The molecule has 0 radical (unpaired) electrons. The average Bonchev–Trinajstić information content (AvgIpc) is 3.25. The van der Waals surface area contributed by atoms with E-state index in [0.717, 1.165) is 20.3 Å². The maximum atomic E-state index is 13.6. The molecule has 1 amide bonds. The zero-order valence-corrected chi connectivity index (χ0v) is 22.8. The van der Waals surface area contributed by atoms with Crippen LogP contribution >= 0.6 is 34.2 Å². The van der Waals surface area contributed by atoms with Gasteiger partial charge < -0.3 is 9.47 Å². The first kappa shape index (κ1) is 25.0. The third-order valence-corrected chi connectivity index (χ3v) is 6.84. The first-order valence-electron chi connectivity index (χ1n) is 11.5. The van der Waals surface area contributed by atoms with Crippen molar-refractivity contribution in [3.05, 3.63) is 128 Å². The summed E-state index contributed by atoms with van der Waals surface area (Å²) in [4.78, 5) is 13.6. The fourth-order valence-electron chi connectivity index (χ4n) is 3.96. The Labute approximate surface area is 234 Å². The van der Waals surface area contributed by atoms with Gasteiger partial charge in [-0.05, 0) is 76.2 Å². The van der Waals surface area contributed by atoms with E-state index < -0.39 is 0 Å². The standard InChI is InChI=1S/C30H22ClIN2O3/c1-36-27-18-21(17-26(32)29(27)37-19-20-12-14-23(31)15-13-20)16-25-28(22-8-4-2-5-9-22)33-34(30(25)35)24-10-6-3-7-11-24/h2-18H,19H2,1H3/b25-16-. The van der Waals surface area contributed by atoms with Crippen molar-refractivity contribution < 1.29 is 14.3 Å². The molecule has 4 aromatic carbocycles. The maximum absolute atomic E-state index is 13.6. The Kier molecular flexibility index (Phi) is 7.58. The molecule has 0 saturated carbocycles. The Balaban J connectivity index is 1.50. The van der Waals surface area contributed by atoms with E-state index in [2.05, 4.69) is 22.6 Å². The fourth-order valence-corrected chi connectivity index (χ4v) is 4.87. The SMILES string of the molecule is COc1cc(/C=C2\C(=O)N(c3ccccc3)N=C2c2ccccc2)cc(I)c1OCc1ccc(Cl)cc1. The van der Waals surface area contributed by atoms with Crippen LogP contribution in [-0.2, 0) is 11.4 Å². The van der Waals surface area contributed by atoms with E-state index in [1.165, 1.54) is 5.01 Å². The predicted octanol–water partition coefficient (Wildman–Crippen LogP) is 7.37. The topological polar surface area (TPSA) is 51.1 Å². The Morgan fingerprint density at radius 3 is 2.30 bits per heavy atom. The number of hydrogen-bond acceptors (Lipinski definition) is 4. The van der Waals surface area contributed by atoms with Crippen LogP contribution in [0.25, 0.3) is 6.08 Å². The summed E-state index contributed by atoms with van der Waals surface area (Å²) < 4.78 is 12.6. The largest absolute Gasteiger partial charge is 0.493 e. The monoisotopic (exact) mass is 620 g/mol. The van der Waals surface area contributed by atoms with Gasteiger partial charge in [0.25, 0.3) is 5.91 Å². The van der Waals surface area contributed by atoms with E-state index in [1.54, 1.807) is 7.11 Å². The van der Waals surface area contributed by atoms with E-state index in [-0.39, 0.29) is 5.91 Å². The first-order valence-corrected chi connectivity index (χ1v) is 13.0. The molecule has 1 aliphatic heterocycles. The molecular weight excluding hydrogens is 599 g/mol. The summed E-state index contributed by atoms with van der Waals surface area (Å²) in [7, 11) is 1.60. The van der Waals surface area contributed by atoms with Gasteiger partial charge in [0.2, 0.25) is 0 Å². The molecule has 0 spiro atoms. The number of ether oxygens (including phenoxy) is 2. The lowest BCUT2D eigenvalue weighted by molar-refractivity contribution is -0.114. The van der Waals surface area contributed by atoms with Gasteiger partial charge >= 0.3 is 0 Å². The molecular formula is C30H22ClIN2O3. The van der Waals surface area contributed by atoms with E-state index in [0.29, 0.717) is 40.1 Å². The number of nitrogens with zero attached hydrogens (tertiary/aromatic N) is 2. The molecule has 0 N–H and O–H groups in total. The van der Waals surface area contributed by atoms with Gasteiger partial charge in [0, 0.05) is 10.6 Å². The van der Waals surface area contributed by atoms with Gasteiger partial charge in [-0.3, -0.25) is 4.79 Å². The highest BCUT2D eigenvalue weighted by molar-refractivity contribution is 14.1. The molecule has 0 atom stereocenters. The van der Waals surface area contributed by atoms with Crippen LogP contribution in [0.5, 0.6) is 11.5 Å². The number of hydrazone groups is 1. The van der Waals surface area contributed by atoms with Crippen LogP contribution in [0, 0.1) is 3.57 Å². The molecule has 1 aliphatic rings. The number of halogens is 2. The van der Waals surface area contributed by atoms with Crippen molar-refractivity contribution >= 4 is 57.6 Å². The number of hydrogen-bond donors (Lipinski definition) is 0. The van der Waals surface area contributed by atoms with E-state index in [1.807, 2.05) is 103 Å². The molecule has 0 aromatic heterocycles. The highest BCUT2D eigenvalue weighted by Gasteiger charge is 2.32. The summed E-state index contributed by atoms with van der Waals surface area (Å²) >= 11 is 8.21. The summed E-state index contributed by atoms with van der Waals surface area (Å²) in [5, 5.41) is 6.83. The summed E-state index contributed by atoms with van der Waals surface area (Å²) in [5.41, 5.74) is 4.50. The minimum atomic E-state index is -0.193.